The van der Waals surface area contributed by atoms with E-state index < -0.39 is 0 Å². The number of anilines is 2. The summed E-state index contributed by atoms with van der Waals surface area (Å²) in [5.74, 6) is 0.879. The first-order valence-electron chi connectivity index (χ1n) is 7.00. The molecular weight excluding hydrogens is 318 g/mol. The van der Waals surface area contributed by atoms with Gasteiger partial charge in [-0.2, -0.15) is 0 Å². The topological polar surface area (TPSA) is 92.7 Å². The first-order valence-corrected chi connectivity index (χ1v) is 7.82. The summed E-state index contributed by atoms with van der Waals surface area (Å²) >= 11 is 1.49. The van der Waals surface area contributed by atoms with Crippen molar-refractivity contribution in [2.24, 2.45) is 0 Å². The molecule has 0 aliphatic carbocycles. The van der Waals surface area contributed by atoms with Crippen LogP contribution in [0.1, 0.15) is 22.8 Å². The molecular formula is C15H17N3O4S. The Morgan fingerprint density at radius 3 is 2.57 bits per heavy atom. The third-order valence-electron chi connectivity index (χ3n) is 3.74. The van der Waals surface area contributed by atoms with Crippen molar-refractivity contribution in [1.82, 2.24) is 4.98 Å². The molecule has 0 saturated heterocycles. The minimum Gasteiger partial charge on any atom is -0.502 e. The number of nitrogens with zero attached hydrogens (tertiary/aromatic N) is 1. The number of methoxy groups -OCH3 is 2. The molecule has 2 heterocycles. The average molecular weight is 335 g/mol. The number of rotatable bonds is 4. The Kier molecular flexibility index (Phi) is 3.99. The summed E-state index contributed by atoms with van der Waals surface area (Å²) in [7, 11) is 4.74. The summed E-state index contributed by atoms with van der Waals surface area (Å²) in [5.41, 5.74) is 0.832. The summed E-state index contributed by atoms with van der Waals surface area (Å²) in [6.07, 6.45) is 0.301. The first-order chi connectivity index (χ1) is 11.1. The van der Waals surface area contributed by atoms with Gasteiger partial charge in [-0.15, -0.1) is 0 Å². The Labute approximate surface area is 137 Å². The Hall–Kier alpha value is -2.48. The number of amides is 1. The SMILES string of the molecule is CNc1nc2c(s1)C(c1cc(OC)c(O)c(OC)c1)CC(=O)N2. The maximum atomic E-state index is 12.0. The predicted molar refractivity (Wildman–Crippen MR) is 88.0 cm³/mol. The van der Waals surface area contributed by atoms with Crippen molar-refractivity contribution >= 4 is 28.2 Å². The second-order valence-corrected chi connectivity index (χ2v) is 6.09. The molecule has 1 amide bonds. The fourth-order valence-electron chi connectivity index (χ4n) is 2.61. The average Bonchev–Trinajstić information content (AvgIpc) is 2.97. The van der Waals surface area contributed by atoms with E-state index in [0.29, 0.717) is 23.7 Å². The van der Waals surface area contributed by atoms with Gasteiger partial charge in [0.2, 0.25) is 11.7 Å². The second kappa shape index (κ2) is 5.96. The van der Waals surface area contributed by atoms with Crippen LogP contribution < -0.4 is 20.1 Å². The number of carbonyl (C=O) groups excluding carboxylic acids is 1. The van der Waals surface area contributed by atoms with Crippen LogP contribution in [-0.4, -0.2) is 37.3 Å². The van der Waals surface area contributed by atoms with Gasteiger partial charge in [-0.05, 0) is 17.7 Å². The number of thiazole rings is 1. The van der Waals surface area contributed by atoms with E-state index in [1.165, 1.54) is 25.6 Å². The highest BCUT2D eigenvalue weighted by atomic mass is 32.1. The molecule has 3 N–H and O–H groups in total. The molecule has 0 fully saturated rings. The smallest absolute Gasteiger partial charge is 0.226 e. The number of benzene rings is 1. The van der Waals surface area contributed by atoms with Gasteiger partial charge in [-0.1, -0.05) is 11.3 Å². The van der Waals surface area contributed by atoms with Crippen LogP contribution in [0, 0.1) is 0 Å². The standard InChI is InChI=1S/C15H17N3O4S/c1-16-15-18-14-13(23-15)8(6-11(19)17-14)7-4-9(21-2)12(20)10(5-7)22-3/h4-5,8,20H,6H2,1-3H3,(H,16,18)(H,17,19). The Balaban J connectivity index is 2.11. The summed E-state index contributed by atoms with van der Waals surface area (Å²) < 4.78 is 10.4. The molecule has 0 radical (unpaired) electrons. The highest BCUT2D eigenvalue weighted by Crippen LogP contribution is 2.46. The van der Waals surface area contributed by atoms with E-state index in [1.807, 2.05) is 0 Å². The number of aromatic nitrogens is 1. The number of carbonyl (C=O) groups is 1. The maximum Gasteiger partial charge on any atom is 0.226 e. The van der Waals surface area contributed by atoms with Crippen LogP contribution in [0.2, 0.25) is 0 Å². The van der Waals surface area contributed by atoms with E-state index in [4.69, 9.17) is 9.47 Å². The van der Waals surface area contributed by atoms with Crippen LogP contribution in [0.3, 0.4) is 0 Å². The minimum atomic E-state index is -0.165. The lowest BCUT2D eigenvalue weighted by atomic mass is 9.91. The lowest BCUT2D eigenvalue weighted by Gasteiger charge is -2.22. The number of aromatic hydroxyl groups is 1. The molecule has 23 heavy (non-hydrogen) atoms. The molecule has 1 atom stereocenters. The van der Waals surface area contributed by atoms with Gasteiger partial charge in [-0.3, -0.25) is 4.79 Å². The van der Waals surface area contributed by atoms with Gasteiger partial charge in [0.25, 0.3) is 0 Å². The molecule has 1 aliphatic rings. The van der Waals surface area contributed by atoms with Crippen molar-refractivity contribution in [3.63, 3.8) is 0 Å². The Bertz CT molecular complexity index is 734. The molecule has 7 nitrogen and oxygen atoms in total. The maximum absolute atomic E-state index is 12.0. The number of phenolic OH excluding ortho intramolecular Hbond substituents is 1. The molecule has 3 rings (SSSR count). The minimum absolute atomic E-state index is 0.0561. The zero-order valence-electron chi connectivity index (χ0n) is 13.0. The van der Waals surface area contributed by atoms with Gasteiger partial charge in [0.1, 0.15) is 5.82 Å². The Morgan fingerprint density at radius 2 is 2.00 bits per heavy atom. The first kappa shape index (κ1) is 15.4. The number of phenols is 1. The highest BCUT2D eigenvalue weighted by Gasteiger charge is 2.31. The number of fused-ring (bicyclic) bond motifs is 1. The van der Waals surface area contributed by atoms with Gasteiger partial charge in [-0.25, -0.2) is 4.98 Å². The van der Waals surface area contributed by atoms with Gasteiger partial charge in [0.15, 0.2) is 16.6 Å². The fraction of sp³-hybridized carbons (Fsp3) is 0.333. The van der Waals surface area contributed by atoms with Gasteiger partial charge in [0, 0.05) is 19.4 Å². The molecule has 2 aromatic rings. The molecule has 0 spiro atoms. The van der Waals surface area contributed by atoms with E-state index in [1.54, 1.807) is 19.2 Å². The van der Waals surface area contributed by atoms with Crippen LogP contribution in [0.4, 0.5) is 10.9 Å². The summed E-state index contributed by atoms with van der Waals surface area (Å²) in [4.78, 5) is 17.3. The Morgan fingerprint density at radius 1 is 1.35 bits per heavy atom. The van der Waals surface area contributed by atoms with Crippen molar-refractivity contribution in [2.45, 2.75) is 12.3 Å². The van der Waals surface area contributed by atoms with Crippen molar-refractivity contribution in [3.05, 3.63) is 22.6 Å². The van der Waals surface area contributed by atoms with Crippen molar-refractivity contribution in [2.75, 3.05) is 31.9 Å². The van der Waals surface area contributed by atoms with E-state index in [0.717, 1.165) is 15.6 Å². The zero-order valence-corrected chi connectivity index (χ0v) is 13.8. The normalized spacial score (nSPS) is 16.5. The molecule has 8 heteroatoms. The molecule has 122 valence electrons. The zero-order chi connectivity index (χ0) is 16.6. The van der Waals surface area contributed by atoms with Crippen LogP contribution in [0.25, 0.3) is 0 Å². The number of nitrogens with one attached hydrogen (secondary N) is 2. The van der Waals surface area contributed by atoms with Gasteiger partial charge in [0.05, 0.1) is 19.1 Å². The lowest BCUT2D eigenvalue weighted by molar-refractivity contribution is -0.116. The van der Waals surface area contributed by atoms with E-state index in [9.17, 15) is 9.90 Å². The van der Waals surface area contributed by atoms with Crippen molar-refractivity contribution in [1.29, 1.82) is 0 Å². The number of hydrogen-bond acceptors (Lipinski definition) is 7. The van der Waals surface area contributed by atoms with Crippen molar-refractivity contribution < 1.29 is 19.4 Å². The van der Waals surface area contributed by atoms with Crippen LogP contribution in [0.15, 0.2) is 12.1 Å². The van der Waals surface area contributed by atoms with Crippen LogP contribution >= 0.6 is 11.3 Å². The monoisotopic (exact) mass is 335 g/mol. The number of ether oxygens (including phenoxy) is 2. The molecule has 1 aromatic heterocycles. The van der Waals surface area contributed by atoms with E-state index in [-0.39, 0.29) is 17.6 Å². The molecule has 1 aromatic carbocycles. The van der Waals surface area contributed by atoms with Crippen LogP contribution in [-0.2, 0) is 4.79 Å². The fourth-order valence-corrected chi connectivity index (χ4v) is 3.61. The summed E-state index contributed by atoms with van der Waals surface area (Å²) in [5, 5.41) is 16.6. The third-order valence-corrected chi connectivity index (χ3v) is 4.92. The highest BCUT2D eigenvalue weighted by molar-refractivity contribution is 7.16. The van der Waals surface area contributed by atoms with Crippen molar-refractivity contribution in [3.8, 4) is 17.2 Å². The van der Waals surface area contributed by atoms with Crippen LogP contribution in [0.5, 0.6) is 17.2 Å². The second-order valence-electron chi connectivity index (χ2n) is 5.06. The molecule has 0 saturated carbocycles. The summed E-state index contributed by atoms with van der Waals surface area (Å²) in [6.45, 7) is 0. The molecule has 1 unspecified atom stereocenters. The van der Waals surface area contributed by atoms with Gasteiger partial charge < -0.3 is 25.2 Å². The predicted octanol–water partition coefficient (Wildman–Crippen LogP) is 2.38. The number of hydrogen-bond donors (Lipinski definition) is 3. The summed E-state index contributed by atoms with van der Waals surface area (Å²) in [6, 6.07) is 3.45. The molecule has 1 aliphatic heterocycles. The van der Waals surface area contributed by atoms with E-state index in [2.05, 4.69) is 15.6 Å². The van der Waals surface area contributed by atoms with Gasteiger partial charge >= 0.3 is 0 Å². The third kappa shape index (κ3) is 2.65. The molecule has 0 bridgehead atoms. The quantitative estimate of drug-likeness (QED) is 0.794. The lowest BCUT2D eigenvalue weighted by Crippen LogP contribution is -2.22. The van der Waals surface area contributed by atoms with E-state index >= 15 is 0 Å². The largest absolute Gasteiger partial charge is 0.502 e.